The van der Waals surface area contributed by atoms with Gasteiger partial charge in [0.2, 0.25) is 0 Å². The van der Waals surface area contributed by atoms with Crippen molar-refractivity contribution in [3.05, 3.63) is 63.8 Å². The topological polar surface area (TPSA) is 61.4 Å². The zero-order valence-corrected chi connectivity index (χ0v) is 17.0. The van der Waals surface area contributed by atoms with Crippen molar-refractivity contribution < 1.29 is 4.74 Å². The first kappa shape index (κ1) is 18.1. The lowest BCUT2D eigenvalue weighted by atomic mass is 9.98. The molecule has 3 aromatic heterocycles. The van der Waals surface area contributed by atoms with Crippen molar-refractivity contribution >= 4 is 16.6 Å². The van der Waals surface area contributed by atoms with Crippen molar-refractivity contribution in [2.45, 2.75) is 39.2 Å². The molecule has 6 heteroatoms. The van der Waals surface area contributed by atoms with Crippen LogP contribution >= 0.6 is 0 Å². The molecule has 0 radical (unpaired) electrons. The van der Waals surface area contributed by atoms with Crippen LogP contribution in [-0.4, -0.2) is 25.8 Å². The maximum atomic E-state index is 13.1. The van der Waals surface area contributed by atoms with E-state index in [1.807, 2.05) is 49.7 Å². The summed E-state index contributed by atoms with van der Waals surface area (Å²) in [5, 5.41) is 5.68. The molecule has 1 aliphatic heterocycles. The molecule has 1 aromatic carbocycles. The summed E-state index contributed by atoms with van der Waals surface area (Å²) in [5.74, 6) is 0. The second kappa shape index (κ2) is 6.81. The van der Waals surface area contributed by atoms with Crippen LogP contribution in [0.1, 0.15) is 42.4 Å². The number of aryl methyl sites for hydroxylation is 3. The number of benzene rings is 1. The summed E-state index contributed by atoms with van der Waals surface area (Å²) in [5.41, 5.74) is 6.38. The highest BCUT2D eigenvalue weighted by molar-refractivity contribution is 5.87. The Hall–Kier alpha value is -2.99. The molecule has 0 aliphatic carbocycles. The van der Waals surface area contributed by atoms with Gasteiger partial charge in [-0.3, -0.25) is 14.3 Å². The van der Waals surface area contributed by atoms with Gasteiger partial charge in [0.1, 0.15) is 17.4 Å². The normalized spacial score (nSPS) is 17.3. The zero-order chi connectivity index (χ0) is 20.1. The van der Waals surface area contributed by atoms with Gasteiger partial charge in [-0.15, -0.1) is 0 Å². The van der Waals surface area contributed by atoms with Gasteiger partial charge in [0.25, 0.3) is 5.56 Å². The molecule has 1 unspecified atom stereocenters. The number of pyridine rings is 1. The van der Waals surface area contributed by atoms with E-state index in [2.05, 4.69) is 17.1 Å². The molecule has 0 amide bonds. The quantitative estimate of drug-likeness (QED) is 0.519. The molecule has 5 rings (SSSR count). The van der Waals surface area contributed by atoms with Gasteiger partial charge in [0, 0.05) is 25.0 Å². The predicted octanol–water partition coefficient (Wildman–Crippen LogP) is 4.11. The zero-order valence-electron chi connectivity index (χ0n) is 17.0. The first-order valence-corrected chi connectivity index (χ1v) is 10.1. The Labute approximate surface area is 168 Å². The van der Waals surface area contributed by atoms with Crippen LogP contribution in [0.3, 0.4) is 0 Å². The average Bonchev–Trinajstić information content (AvgIpc) is 3.13. The fourth-order valence-electron chi connectivity index (χ4n) is 4.46. The summed E-state index contributed by atoms with van der Waals surface area (Å²) in [6.45, 7) is 4.73. The van der Waals surface area contributed by atoms with Gasteiger partial charge >= 0.3 is 0 Å². The molecule has 0 N–H and O–H groups in total. The molecule has 1 saturated heterocycles. The molecular formula is C23H24N4O2. The van der Waals surface area contributed by atoms with Crippen LogP contribution in [-0.2, 0) is 11.8 Å². The molecule has 4 heterocycles. The van der Waals surface area contributed by atoms with Gasteiger partial charge < -0.3 is 4.74 Å². The number of aromatic nitrogens is 4. The van der Waals surface area contributed by atoms with Crippen LogP contribution in [0, 0.1) is 13.8 Å². The van der Waals surface area contributed by atoms with Crippen LogP contribution in [0.15, 0.2) is 41.2 Å². The minimum Gasteiger partial charge on any atom is -0.372 e. The van der Waals surface area contributed by atoms with Gasteiger partial charge in [0.05, 0.1) is 16.5 Å². The summed E-state index contributed by atoms with van der Waals surface area (Å²) in [6.07, 6.45) is 3.06. The Kier molecular flexibility index (Phi) is 4.24. The molecule has 0 bridgehead atoms. The predicted molar refractivity (Wildman–Crippen MR) is 113 cm³/mol. The van der Waals surface area contributed by atoms with Crippen LogP contribution < -0.4 is 5.56 Å². The van der Waals surface area contributed by atoms with Crippen molar-refractivity contribution in [3.8, 4) is 11.1 Å². The third-order valence-corrected chi connectivity index (χ3v) is 5.73. The van der Waals surface area contributed by atoms with Gasteiger partial charge in [-0.1, -0.05) is 12.1 Å². The number of rotatable bonds is 2. The Morgan fingerprint density at radius 1 is 1.10 bits per heavy atom. The number of hydrogen-bond acceptors (Lipinski definition) is 4. The molecule has 1 atom stereocenters. The van der Waals surface area contributed by atoms with Crippen molar-refractivity contribution in [2.24, 2.45) is 7.05 Å². The number of fused-ring (bicyclic) bond motifs is 3. The van der Waals surface area contributed by atoms with E-state index in [0.29, 0.717) is 5.39 Å². The molecule has 0 saturated carbocycles. The number of nitrogens with zero attached hydrogens (tertiary/aromatic N) is 4. The van der Waals surface area contributed by atoms with E-state index in [4.69, 9.17) is 9.84 Å². The number of hydrogen-bond donors (Lipinski definition) is 0. The summed E-state index contributed by atoms with van der Waals surface area (Å²) >= 11 is 0. The lowest BCUT2D eigenvalue weighted by Crippen LogP contribution is -2.20. The van der Waals surface area contributed by atoms with Gasteiger partial charge in [-0.05, 0) is 62.9 Å². The first-order valence-electron chi connectivity index (χ1n) is 10.1. The minimum atomic E-state index is -0.0682. The standard InChI is InChI=1S/C23H24N4O2/c1-14-12-16(13-15(2)24-14)20-21(19-10-6-7-11-29-19)25-27-18-9-5-4-8-17(18)23(28)26(3)22(20)27/h4-5,8-9,12-13,19H,6-7,10-11H2,1-3H3. The molecule has 148 valence electrons. The van der Waals surface area contributed by atoms with Crippen molar-refractivity contribution in [1.82, 2.24) is 19.2 Å². The van der Waals surface area contributed by atoms with E-state index in [0.717, 1.165) is 65.2 Å². The van der Waals surface area contributed by atoms with Crippen LogP contribution in [0.5, 0.6) is 0 Å². The fraction of sp³-hybridized carbons (Fsp3) is 0.348. The molecule has 29 heavy (non-hydrogen) atoms. The summed E-state index contributed by atoms with van der Waals surface area (Å²) in [4.78, 5) is 17.7. The molecule has 4 aromatic rings. The molecule has 1 fully saturated rings. The third kappa shape index (κ3) is 2.86. The van der Waals surface area contributed by atoms with Crippen molar-refractivity contribution in [2.75, 3.05) is 6.61 Å². The maximum Gasteiger partial charge on any atom is 0.261 e. The Bertz CT molecular complexity index is 1280. The Morgan fingerprint density at radius 2 is 1.86 bits per heavy atom. The fourth-order valence-corrected chi connectivity index (χ4v) is 4.46. The lowest BCUT2D eigenvalue weighted by molar-refractivity contribution is 0.0125. The maximum absolute atomic E-state index is 13.1. The monoisotopic (exact) mass is 388 g/mol. The van der Waals surface area contributed by atoms with Crippen LogP contribution in [0.2, 0.25) is 0 Å². The number of para-hydroxylation sites is 1. The van der Waals surface area contributed by atoms with E-state index in [-0.39, 0.29) is 11.7 Å². The van der Waals surface area contributed by atoms with Crippen LogP contribution in [0.25, 0.3) is 27.7 Å². The molecular weight excluding hydrogens is 364 g/mol. The van der Waals surface area contributed by atoms with Gasteiger partial charge in [-0.2, -0.15) is 5.10 Å². The van der Waals surface area contributed by atoms with E-state index in [9.17, 15) is 4.79 Å². The third-order valence-electron chi connectivity index (χ3n) is 5.73. The summed E-state index contributed by atoms with van der Waals surface area (Å²) in [7, 11) is 1.82. The largest absolute Gasteiger partial charge is 0.372 e. The highest BCUT2D eigenvalue weighted by Crippen LogP contribution is 2.38. The molecule has 0 spiro atoms. The van der Waals surface area contributed by atoms with Gasteiger partial charge in [0.15, 0.2) is 0 Å². The van der Waals surface area contributed by atoms with E-state index in [1.54, 1.807) is 4.57 Å². The highest BCUT2D eigenvalue weighted by Gasteiger charge is 2.28. The first-order chi connectivity index (χ1) is 14.0. The average molecular weight is 388 g/mol. The Morgan fingerprint density at radius 3 is 2.59 bits per heavy atom. The van der Waals surface area contributed by atoms with E-state index in [1.165, 1.54) is 0 Å². The summed E-state index contributed by atoms with van der Waals surface area (Å²) < 4.78 is 9.74. The SMILES string of the molecule is Cc1cc(-c2c(C3CCCCO3)nn3c4ccccc4c(=O)n(C)c23)cc(C)n1. The summed E-state index contributed by atoms with van der Waals surface area (Å²) in [6, 6.07) is 11.8. The van der Waals surface area contributed by atoms with Crippen molar-refractivity contribution in [3.63, 3.8) is 0 Å². The smallest absolute Gasteiger partial charge is 0.261 e. The van der Waals surface area contributed by atoms with E-state index < -0.39 is 0 Å². The number of ether oxygens (including phenoxy) is 1. The lowest BCUT2D eigenvalue weighted by Gasteiger charge is -2.22. The molecule has 6 nitrogen and oxygen atoms in total. The van der Waals surface area contributed by atoms with Crippen molar-refractivity contribution in [1.29, 1.82) is 0 Å². The Balaban J connectivity index is 1.93. The van der Waals surface area contributed by atoms with E-state index >= 15 is 0 Å². The highest BCUT2D eigenvalue weighted by atomic mass is 16.5. The minimum absolute atomic E-state index is 0.0205. The van der Waals surface area contributed by atoms with Gasteiger partial charge in [-0.25, -0.2) is 4.52 Å². The second-order valence-electron chi connectivity index (χ2n) is 7.87. The van der Waals surface area contributed by atoms with Crippen LogP contribution in [0.4, 0.5) is 0 Å². The second-order valence-corrected chi connectivity index (χ2v) is 7.87. The molecule has 1 aliphatic rings.